The quantitative estimate of drug-likeness (QED) is 0.917. The number of hydrogen-bond donors (Lipinski definition) is 1. The molecule has 0 aromatic carbocycles. The Balaban J connectivity index is 1.95. The van der Waals surface area contributed by atoms with Gasteiger partial charge in [0.15, 0.2) is 0 Å². The fourth-order valence-electron chi connectivity index (χ4n) is 1.92. The fraction of sp³-hybridized carbons (Fsp3) is 0.714. The van der Waals surface area contributed by atoms with Crippen LogP contribution in [0.3, 0.4) is 0 Å². The van der Waals surface area contributed by atoms with E-state index in [1.54, 1.807) is 17.8 Å². The molecule has 1 N–H and O–H groups in total. The molecule has 1 heterocycles. The van der Waals surface area contributed by atoms with Crippen LogP contribution >= 0.6 is 0 Å². The average molecular weight is 281 g/mol. The highest BCUT2D eigenvalue weighted by Crippen LogP contribution is 2.29. The maximum Gasteiger partial charge on any atom is 0.410 e. The lowest BCUT2D eigenvalue weighted by Crippen LogP contribution is -2.33. The van der Waals surface area contributed by atoms with Crippen molar-refractivity contribution in [2.75, 3.05) is 7.05 Å². The van der Waals surface area contributed by atoms with Crippen molar-refractivity contribution in [3.63, 3.8) is 0 Å². The summed E-state index contributed by atoms with van der Waals surface area (Å²) >= 11 is 0. The third kappa shape index (κ3) is 4.15. The van der Waals surface area contributed by atoms with Gasteiger partial charge in [-0.2, -0.15) is 0 Å². The zero-order chi connectivity index (χ0) is 14.9. The summed E-state index contributed by atoms with van der Waals surface area (Å²) in [7, 11) is 1.66. The van der Waals surface area contributed by atoms with Gasteiger partial charge in [-0.1, -0.05) is 0 Å². The molecule has 1 saturated carbocycles. The van der Waals surface area contributed by atoms with Crippen molar-refractivity contribution in [3.8, 4) is 0 Å². The molecule has 0 aliphatic heterocycles. The van der Waals surface area contributed by atoms with E-state index in [9.17, 15) is 9.59 Å². The second kappa shape index (κ2) is 5.34. The number of carbonyl (C=O) groups excluding carboxylic acids is 1. The van der Waals surface area contributed by atoms with Gasteiger partial charge < -0.3 is 9.64 Å². The van der Waals surface area contributed by atoms with Gasteiger partial charge >= 0.3 is 6.09 Å². The Morgan fingerprint density at radius 3 is 2.70 bits per heavy atom. The van der Waals surface area contributed by atoms with Crippen molar-refractivity contribution in [1.82, 2.24) is 14.7 Å². The zero-order valence-electron chi connectivity index (χ0n) is 12.6. The van der Waals surface area contributed by atoms with Crippen molar-refractivity contribution < 1.29 is 9.53 Å². The molecule has 0 spiro atoms. The molecule has 20 heavy (non-hydrogen) atoms. The summed E-state index contributed by atoms with van der Waals surface area (Å²) in [6.07, 6.45) is 1.99. The molecule has 1 aromatic heterocycles. The number of ether oxygens (including phenoxy) is 1. The molecular weight excluding hydrogens is 258 g/mol. The van der Waals surface area contributed by atoms with Crippen LogP contribution in [0.4, 0.5) is 4.79 Å². The van der Waals surface area contributed by atoms with E-state index >= 15 is 0 Å². The van der Waals surface area contributed by atoms with Crippen LogP contribution in [0, 0.1) is 5.92 Å². The van der Waals surface area contributed by atoms with Gasteiger partial charge in [0.1, 0.15) is 5.60 Å². The lowest BCUT2D eigenvalue weighted by molar-refractivity contribution is 0.0283. The topological polar surface area (TPSA) is 67.3 Å². The predicted molar refractivity (Wildman–Crippen MR) is 75.5 cm³/mol. The number of nitrogens with zero attached hydrogens (tertiary/aromatic N) is 2. The predicted octanol–water partition coefficient (Wildman–Crippen LogP) is 1.95. The van der Waals surface area contributed by atoms with Crippen LogP contribution in [-0.4, -0.2) is 33.4 Å². The average Bonchev–Trinajstić information content (AvgIpc) is 3.03. The minimum atomic E-state index is -0.517. The van der Waals surface area contributed by atoms with Crippen LogP contribution in [0.5, 0.6) is 0 Å². The van der Waals surface area contributed by atoms with E-state index < -0.39 is 11.7 Å². The normalized spacial score (nSPS) is 15.2. The molecule has 0 saturated heterocycles. The summed E-state index contributed by atoms with van der Waals surface area (Å²) in [6, 6.07) is 1.54. The van der Waals surface area contributed by atoms with Gasteiger partial charge in [0.25, 0.3) is 5.56 Å². The second-order valence-electron chi connectivity index (χ2n) is 6.51. The first-order chi connectivity index (χ1) is 9.24. The minimum absolute atomic E-state index is 0.0375. The maximum atomic E-state index is 11.8. The van der Waals surface area contributed by atoms with Crippen molar-refractivity contribution in [2.45, 2.75) is 52.3 Å². The van der Waals surface area contributed by atoms with Crippen LogP contribution in [0.25, 0.3) is 0 Å². The Morgan fingerprint density at radius 1 is 1.50 bits per heavy atom. The van der Waals surface area contributed by atoms with Gasteiger partial charge in [-0.15, -0.1) is 0 Å². The lowest BCUT2D eigenvalue weighted by atomic mass is 10.2. The number of aromatic amines is 1. The summed E-state index contributed by atoms with van der Waals surface area (Å²) < 4.78 is 6.89. The van der Waals surface area contributed by atoms with Crippen LogP contribution in [0.15, 0.2) is 10.9 Å². The highest BCUT2D eigenvalue weighted by molar-refractivity contribution is 5.67. The Bertz CT molecular complexity index is 535. The number of aromatic nitrogens is 2. The van der Waals surface area contributed by atoms with Gasteiger partial charge in [-0.3, -0.25) is 14.6 Å². The number of amides is 1. The Hall–Kier alpha value is -1.72. The number of hydrogen-bond acceptors (Lipinski definition) is 3. The van der Waals surface area contributed by atoms with Gasteiger partial charge in [0, 0.05) is 19.7 Å². The molecule has 0 bridgehead atoms. The van der Waals surface area contributed by atoms with Crippen molar-refractivity contribution in [2.24, 2.45) is 5.92 Å². The molecule has 0 unspecified atom stereocenters. The summed E-state index contributed by atoms with van der Waals surface area (Å²) in [6.45, 7) is 6.56. The SMILES string of the molecule is CN(Cc1cc(=O)n(CC2CC2)[nH]1)C(=O)OC(C)(C)C. The van der Waals surface area contributed by atoms with E-state index in [0.29, 0.717) is 12.5 Å². The summed E-state index contributed by atoms with van der Waals surface area (Å²) in [5, 5.41) is 3.06. The molecule has 1 amide bonds. The molecule has 112 valence electrons. The molecule has 0 atom stereocenters. The molecular formula is C14H23N3O3. The highest BCUT2D eigenvalue weighted by atomic mass is 16.6. The van der Waals surface area contributed by atoms with Gasteiger partial charge in [0.2, 0.25) is 0 Å². The van der Waals surface area contributed by atoms with E-state index in [1.165, 1.54) is 17.7 Å². The Morgan fingerprint density at radius 2 is 2.15 bits per heavy atom. The third-order valence-electron chi connectivity index (χ3n) is 3.09. The van der Waals surface area contributed by atoms with Crippen molar-refractivity contribution >= 4 is 6.09 Å². The molecule has 1 aromatic rings. The largest absolute Gasteiger partial charge is 0.444 e. The van der Waals surface area contributed by atoms with Crippen LogP contribution < -0.4 is 5.56 Å². The zero-order valence-corrected chi connectivity index (χ0v) is 12.6. The van der Waals surface area contributed by atoms with E-state index in [0.717, 1.165) is 12.2 Å². The Kier molecular flexibility index (Phi) is 3.92. The standard InChI is InChI=1S/C14H23N3O3/c1-14(2,3)20-13(19)16(4)9-11-7-12(18)17(15-11)8-10-5-6-10/h7,10,15H,5-6,8-9H2,1-4H3. The molecule has 1 aliphatic rings. The van der Waals surface area contributed by atoms with Crippen LogP contribution in [0.1, 0.15) is 39.3 Å². The molecule has 2 rings (SSSR count). The first-order valence-electron chi connectivity index (χ1n) is 6.97. The number of nitrogens with one attached hydrogen (secondary N) is 1. The Labute approximate surface area is 118 Å². The van der Waals surface area contributed by atoms with Crippen molar-refractivity contribution in [1.29, 1.82) is 0 Å². The minimum Gasteiger partial charge on any atom is -0.444 e. The van der Waals surface area contributed by atoms with Gasteiger partial charge in [-0.05, 0) is 39.5 Å². The summed E-state index contributed by atoms with van der Waals surface area (Å²) in [4.78, 5) is 25.1. The highest BCUT2D eigenvalue weighted by Gasteiger charge is 2.23. The summed E-state index contributed by atoms with van der Waals surface area (Å²) in [5.74, 6) is 0.628. The molecule has 1 aliphatic carbocycles. The third-order valence-corrected chi connectivity index (χ3v) is 3.09. The van der Waals surface area contributed by atoms with E-state index in [2.05, 4.69) is 5.10 Å². The lowest BCUT2D eigenvalue weighted by Gasteiger charge is -2.24. The second-order valence-corrected chi connectivity index (χ2v) is 6.51. The van der Waals surface area contributed by atoms with Crippen molar-refractivity contribution in [3.05, 3.63) is 22.1 Å². The first-order valence-corrected chi connectivity index (χ1v) is 6.97. The fourth-order valence-corrected chi connectivity index (χ4v) is 1.92. The molecule has 0 radical (unpaired) electrons. The summed E-state index contributed by atoms with van der Waals surface area (Å²) in [5.41, 5.74) is 0.171. The first kappa shape index (κ1) is 14.7. The van der Waals surface area contributed by atoms with E-state index in [4.69, 9.17) is 4.74 Å². The van der Waals surface area contributed by atoms with Crippen LogP contribution in [-0.2, 0) is 17.8 Å². The molecule has 6 heteroatoms. The van der Waals surface area contributed by atoms with Gasteiger partial charge in [0.05, 0.1) is 12.2 Å². The van der Waals surface area contributed by atoms with E-state index in [1.807, 2.05) is 20.8 Å². The number of rotatable bonds is 4. The monoisotopic (exact) mass is 281 g/mol. The van der Waals surface area contributed by atoms with E-state index in [-0.39, 0.29) is 5.56 Å². The smallest absolute Gasteiger partial charge is 0.410 e. The number of H-pyrrole nitrogens is 1. The molecule has 6 nitrogen and oxygen atoms in total. The maximum absolute atomic E-state index is 11.8. The van der Waals surface area contributed by atoms with Crippen LogP contribution in [0.2, 0.25) is 0 Å². The molecule has 1 fully saturated rings. The number of carbonyl (C=O) groups is 1. The van der Waals surface area contributed by atoms with Gasteiger partial charge in [-0.25, -0.2) is 4.79 Å².